The van der Waals surface area contributed by atoms with E-state index in [0.717, 1.165) is 41.0 Å². The Morgan fingerprint density at radius 2 is 1.95 bits per heavy atom. The van der Waals surface area contributed by atoms with E-state index in [1.54, 1.807) is 21.3 Å². The zero-order valence-electron chi connectivity index (χ0n) is 12.0. The fourth-order valence-corrected chi connectivity index (χ4v) is 2.76. The van der Waals surface area contributed by atoms with E-state index in [-0.39, 0.29) is 6.04 Å². The fourth-order valence-electron chi connectivity index (χ4n) is 2.08. The maximum absolute atomic E-state index is 5.51. The van der Waals surface area contributed by atoms with E-state index in [9.17, 15) is 0 Å². The van der Waals surface area contributed by atoms with Crippen LogP contribution in [0.3, 0.4) is 0 Å². The van der Waals surface area contributed by atoms with Crippen LogP contribution in [0.1, 0.15) is 24.4 Å². The Kier molecular flexibility index (Phi) is 7.20. The first kappa shape index (κ1) is 16.3. The summed E-state index contributed by atoms with van der Waals surface area (Å²) < 4.78 is 16.7. The minimum Gasteiger partial charge on any atom is -0.495 e. The van der Waals surface area contributed by atoms with Crippen molar-refractivity contribution in [2.45, 2.75) is 18.9 Å². The number of hydrogen-bond acceptors (Lipinski definition) is 4. The van der Waals surface area contributed by atoms with E-state index in [1.165, 1.54) is 0 Å². The lowest BCUT2D eigenvalue weighted by atomic mass is 10.0. The van der Waals surface area contributed by atoms with Crippen LogP contribution in [0, 0.1) is 0 Å². The molecule has 0 aromatic heterocycles. The molecule has 108 valence electrons. The molecule has 1 rings (SSSR count). The summed E-state index contributed by atoms with van der Waals surface area (Å²) in [4.78, 5) is 0. The van der Waals surface area contributed by atoms with Gasteiger partial charge in [-0.3, -0.25) is 0 Å². The van der Waals surface area contributed by atoms with Crippen molar-refractivity contribution in [3.05, 3.63) is 22.2 Å². The molecule has 0 bridgehead atoms. The number of hydrogen-bond donors (Lipinski definition) is 1. The number of ether oxygens (including phenoxy) is 3. The monoisotopic (exact) mass is 331 g/mol. The van der Waals surface area contributed by atoms with E-state index >= 15 is 0 Å². The van der Waals surface area contributed by atoms with Gasteiger partial charge in [0.05, 0.1) is 14.2 Å². The van der Waals surface area contributed by atoms with Gasteiger partial charge in [-0.1, -0.05) is 0 Å². The Hall–Kier alpha value is -0.780. The Balaban J connectivity index is 2.99. The van der Waals surface area contributed by atoms with Crippen LogP contribution < -0.4 is 14.8 Å². The standard InChI is InChI=1S/C14H22BrNO3/c1-16-11(6-5-9-17-2)10-7-8-12(18-3)13(15)14(10)19-4/h7-8,11,16H,5-6,9H2,1-4H3. The minimum atomic E-state index is 0.229. The molecule has 0 radical (unpaired) electrons. The third-order valence-corrected chi connectivity index (χ3v) is 3.83. The van der Waals surface area contributed by atoms with Gasteiger partial charge in [0.25, 0.3) is 0 Å². The van der Waals surface area contributed by atoms with E-state index < -0.39 is 0 Å². The van der Waals surface area contributed by atoms with Crippen LogP contribution in [0.5, 0.6) is 11.5 Å². The van der Waals surface area contributed by atoms with Crippen LogP contribution >= 0.6 is 15.9 Å². The number of nitrogens with one attached hydrogen (secondary N) is 1. The molecule has 0 saturated heterocycles. The average Bonchev–Trinajstić information content (AvgIpc) is 2.43. The lowest BCUT2D eigenvalue weighted by molar-refractivity contribution is 0.189. The third kappa shape index (κ3) is 4.09. The van der Waals surface area contributed by atoms with Crippen molar-refractivity contribution in [1.29, 1.82) is 0 Å². The topological polar surface area (TPSA) is 39.7 Å². The minimum absolute atomic E-state index is 0.229. The maximum atomic E-state index is 5.51. The van der Waals surface area contributed by atoms with Gasteiger partial charge in [0.1, 0.15) is 16.0 Å². The normalized spacial score (nSPS) is 12.3. The molecule has 0 fully saturated rings. The van der Waals surface area contributed by atoms with Gasteiger partial charge in [0.15, 0.2) is 0 Å². The smallest absolute Gasteiger partial charge is 0.141 e. The number of halogens is 1. The molecule has 1 aromatic carbocycles. The number of rotatable bonds is 8. The quantitative estimate of drug-likeness (QED) is 0.743. The molecule has 4 nitrogen and oxygen atoms in total. The van der Waals surface area contributed by atoms with E-state index in [2.05, 4.69) is 21.2 Å². The molecule has 0 heterocycles. The van der Waals surface area contributed by atoms with Gasteiger partial charge in [-0.2, -0.15) is 0 Å². The lowest BCUT2D eigenvalue weighted by Gasteiger charge is -2.21. The summed E-state index contributed by atoms with van der Waals surface area (Å²) in [6.07, 6.45) is 1.98. The van der Waals surface area contributed by atoms with Crippen molar-refractivity contribution in [2.75, 3.05) is 35.0 Å². The van der Waals surface area contributed by atoms with Crippen molar-refractivity contribution in [3.8, 4) is 11.5 Å². The second-order valence-electron chi connectivity index (χ2n) is 4.18. The number of benzene rings is 1. The van der Waals surface area contributed by atoms with Crippen molar-refractivity contribution < 1.29 is 14.2 Å². The Bertz CT molecular complexity index is 399. The van der Waals surface area contributed by atoms with Crippen LogP contribution in [0.15, 0.2) is 16.6 Å². The molecule has 0 aliphatic rings. The Labute approximate surface area is 123 Å². The molecule has 0 saturated carbocycles. The second kappa shape index (κ2) is 8.40. The molecule has 1 aromatic rings. The Morgan fingerprint density at radius 1 is 1.21 bits per heavy atom. The highest BCUT2D eigenvalue weighted by molar-refractivity contribution is 9.10. The van der Waals surface area contributed by atoms with Crippen LogP contribution in [0.25, 0.3) is 0 Å². The molecule has 0 aliphatic heterocycles. The predicted octanol–water partition coefficient (Wildman–Crippen LogP) is 3.15. The molecule has 5 heteroatoms. The van der Waals surface area contributed by atoms with Gasteiger partial charge < -0.3 is 19.5 Å². The second-order valence-corrected chi connectivity index (χ2v) is 4.97. The molecule has 19 heavy (non-hydrogen) atoms. The number of methoxy groups -OCH3 is 3. The summed E-state index contributed by atoms with van der Waals surface area (Å²) in [6, 6.07) is 4.21. The van der Waals surface area contributed by atoms with E-state index in [1.807, 2.05) is 19.2 Å². The SMILES string of the molecule is CNC(CCCOC)c1ccc(OC)c(Br)c1OC. The largest absolute Gasteiger partial charge is 0.495 e. The predicted molar refractivity (Wildman–Crippen MR) is 80.2 cm³/mol. The van der Waals surface area contributed by atoms with Crippen LogP contribution in [0.2, 0.25) is 0 Å². The van der Waals surface area contributed by atoms with Gasteiger partial charge >= 0.3 is 0 Å². The maximum Gasteiger partial charge on any atom is 0.141 e. The molecule has 1 atom stereocenters. The van der Waals surface area contributed by atoms with Crippen LogP contribution in [-0.2, 0) is 4.74 Å². The summed E-state index contributed by atoms with van der Waals surface area (Å²) in [5, 5.41) is 3.32. The highest BCUT2D eigenvalue weighted by atomic mass is 79.9. The summed E-state index contributed by atoms with van der Waals surface area (Å²) in [7, 11) is 6.99. The van der Waals surface area contributed by atoms with Crippen LogP contribution in [-0.4, -0.2) is 35.0 Å². The van der Waals surface area contributed by atoms with Gasteiger partial charge in [0.2, 0.25) is 0 Å². The first-order chi connectivity index (χ1) is 9.19. The lowest BCUT2D eigenvalue weighted by Crippen LogP contribution is -2.18. The zero-order valence-corrected chi connectivity index (χ0v) is 13.5. The van der Waals surface area contributed by atoms with Crippen molar-refractivity contribution >= 4 is 15.9 Å². The van der Waals surface area contributed by atoms with Crippen molar-refractivity contribution in [1.82, 2.24) is 5.32 Å². The first-order valence-corrected chi connectivity index (χ1v) is 7.05. The molecule has 1 unspecified atom stereocenters. The van der Waals surface area contributed by atoms with Crippen molar-refractivity contribution in [3.63, 3.8) is 0 Å². The summed E-state index contributed by atoms with van der Waals surface area (Å²) in [5.74, 6) is 1.59. The molecular weight excluding hydrogens is 310 g/mol. The van der Waals surface area contributed by atoms with Gasteiger partial charge in [-0.25, -0.2) is 0 Å². The summed E-state index contributed by atoms with van der Waals surface area (Å²) >= 11 is 3.53. The average molecular weight is 332 g/mol. The van der Waals surface area contributed by atoms with Gasteiger partial charge in [0, 0.05) is 25.3 Å². The molecule has 0 spiro atoms. The molecule has 1 N–H and O–H groups in total. The van der Waals surface area contributed by atoms with Gasteiger partial charge in [-0.15, -0.1) is 0 Å². The summed E-state index contributed by atoms with van der Waals surface area (Å²) in [6.45, 7) is 0.762. The van der Waals surface area contributed by atoms with E-state index in [0.29, 0.717) is 0 Å². The highest BCUT2D eigenvalue weighted by Crippen LogP contribution is 2.40. The van der Waals surface area contributed by atoms with Gasteiger partial charge in [-0.05, 0) is 48.0 Å². The Morgan fingerprint density at radius 3 is 2.47 bits per heavy atom. The molecular formula is C14H22BrNO3. The summed E-state index contributed by atoms with van der Waals surface area (Å²) in [5.41, 5.74) is 1.12. The highest BCUT2D eigenvalue weighted by Gasteiger charge is 2.19. The third-order valence-electron chi connectivity index (χ3n) is 3.08. The van der Waals surface area contributed by atoms with Crippen LogP contribution in [0.4, 0.5) is 0 Å². The van der Waals surface area contributed by atoms with E-state index in [4.69, 9.17) is 14.2 Å². The zero-order chi connectivity index (χ0) is 14.3. The molecule has 0 amide bonds. The fraction of sp³-hybridized carbons (Fsp3) is 0.571. The molecule has 0 aliphatic carbocycles. The van der Waals surface area contributed by atoms with Crippen molar-refractivity contribution in [2.24, 2.45) is 0 Å². The first-order valence-electron chi connectivity index (χ1n) is 6.26.